The number of nitrogens with one attached hydrogen (secondary N) is 1. The van der Waals surface area contributed by atoms with E-state index in [4.69, 9.17) is 11.6 Å². The molecule has 2 aromatic heterocycles. The van der Waals surface area contributed by atoms with Crippen molar-refractivity contribution in [2.75, 3.05) is 0 Å². The Morgan fingerprint density at radius 3 is 2.40 bits per heavy atom. The van der Waals surface area contributed by atoms with Gasteiger partial charge in [0.2, 0.25) is 5.43 Å². The van der Waals surface area contributed by atoms with Gasteiger partial charge in [0.25, 0.3) is 5.91 Å². The van der Waals surface area contributed by atoms with Crippen molar-refractivity contribution in [1.82, 2.24) is 14.9 Å². The van der Waals surface area contributed by atoms with Gasteiger partial charge in [0.1, 0.15) is 39.7 Å². The van der Waals surface area contributed by atoms with Crippen LogP contribution < -0.4 is 10.7 Å². The van der Waals surface area contributed by atoms with Crippen LogP contribution in [-0.4, -0.2) is 27.7 Å². The number of carbonyl (C=O) groups is 1. The predicted molar refractivity (Wildman–Crippen MR) is 99.9 cm³/mol. The van der Waals surface area contributed by atoms with E-state index in [2.05, 4.69) is 4.98 Å². The first-order valence-corrected chi connectivity index (χ1v) is 8.96. The minimum atomic E-state index is -4.74. The smallest absolute Gasteiger partial charge is 0.340 e. The number of para-hydroxylation sites is 1. The molecule has 1 aromatic carbocycles. The molecule has 0 bridgehead atoms. The van der Waals surface area contributed by atoms with E-state index >= 15 is 0 Å². The molecule has 0 saturated heterocycles. The normalized spacial score (nSPS) is 12.8. The molecular formula is C19H13ClF5N3O2. The van der Waals surface area contributed by atoms with Crippen LogP contribution in [0.15, 0.2) is 41.3 Å². The second-order valence-electron chi connectivity index (χ2n) is 6.29. The van der Waals surface area contributed by atoms with Crippen LogP contribution in [0.4, 0.5) is 22.0 Å². The van der Waals surface area contributed by atoms with E-state index in [0.717, 1.165) is 29.0 Å². The second-order valence-corrected chi connectivity index (χ2v) is 6.68. The zero-order valence-corrected chi connectivity index (χ0v) is 16.0. The molecule has 0 spiro atoms. The molecule has 30 heavy (non-hydrogen) atoms. The number of alkyl halides is 3. The van der Waals surface area contributed by atoms with Crippen molar-refractivity contribution < 1.29 is 26.7 Å². The number of hydrogen-bond acceptors (Lipinski definition) is 3. The highest BCUT2D eigenvalue weighted by Gasteiger charge is 2.39. The highest BCUT2D eigenvalue weighted by atomic mass is 35.5. The van der Waals surface area contributed by atoms with Crippen LogP contribution in [0.25, 0.3) is 16.7 Å². The third-order valence-electron chi connectivity index (χ3n) is 4.35. The lowest BCUT2D eigenvalue weighted by Crippen LogP contribution is -2.46. The molecule has 0 radical (unpaired) electrons. The van der Waals surface area contributed by atoms with Gasteiger partial charge in [-0.05, 0) is 30.7 Å². The summed E-state index contributed by atoms with van der Waals surface area (Å²) in [5.74, 6) is -3.43. The Hall–Kier alpha value is -3.01. The lowest BCUT2D eigenvalue weighted by atomic mass is 10.1. The van der Waals surface area contributed by atoms with Crippen LogP contribution >= 0.6 is 11.6 Å². The number of benzene rings is 1. The summed E-state index contributed by atoms with van der Waals surface area (Å²) < 4.78 is 68.6. The predicted octanol–water partition coefficient (Wildman–Crippen LogP) is 4.39. The van der Waals surface area contributed by atoms with Crippen LogP contribution in [-0.2, 0) is 0 Å². The molecule has 3 rings (SSSR count). The molecule has 0 unspecified atom stereocenters. The zero-order valence-electron chi connectivity index (χ0n) is 15.2. The first-order chi connectivity index (χ1) is 14.0. The number of aromatic nitrogens is 2. The number of fused-ring (bicyclic) bond motifs is 1. The maximum absolute atomic E-state index is 14.4. The third kappa shape index (κ3) is 4.00. The molecule has 1 amide bonds. The summed E-state index contributed by atoms with van der Waals surface area (Å²) in [6.07, 6.45) is -4.48. The van der Waals surface area contributed by atoms with E-state index in [9.17, 15) is 31.5 Å². The van der Waals surface area contributed by atoms with Crippen molar-refractivity contribution in [3.05, 3.63) is 69.1 Å². The van der Waals surface area contributed by atoms with Gasteiger partial charge in [-0.3, -0.25) is 14.2 Å². The van der Waals surface area contributed by atoms with Gasteiger partial charge < -0.3 is 5.32 Å². The second kappa shape index (κ2) is 8.02. The van der Waals surface area contributed by atoms with E-state index in [0.29, 0.717) is 0 Å². The van der Waals surface area contributed by atoms with E-state index in [1.54, 1.807) is 5.32 Å². The molecule has 1 N–H and O–H groups in total. The van der Waals surface area contributed by atoms with Gasteiger partial charge in [-0.25, -0.2) is 13.8 Å². The zero-order chi connectivity index (χ0) is 22.2. The lowest BCUT2D eigenvalue weighted by molar-refractivity contribution is -0.153. The Morgan fingerprint density at radius 2 is 1.83 bits per heavy atom. The summed E-state index contributed by atoms with van der Waals surface area (Å²) in [5.41, 5.74) is -2.64. The quantitative estimate of drug-likeness (QED) is 0.478. The Labute approximate surface area is 171 Å². The number of hydrogen-bond donors (Lipinski definition) is 1. The molecule has 0 aliphatic rings. The molecule has 158 valence electrons. The fraction of sp³-hybridized carbons (Fsp3) is 0.211. The van der Waals surface area contributed by atoms with Crippen molar-refractivity contribution in [3.63, 3.8) is 0 Å². The van der Waals surface area contributed by atoms with Gasteiger partial charge in [0.15, 0.2) is 0 Å². The van der Waals surface area contributed by atoms with E-state index in [-0.39, 0.29) is 16.2 Å². The number of carbonyl (C=O) groups excluding carboxylic acids is 1. The first kappa shape index (κ1) is 21.7. The average molecular weight is 446 g/mol. The first-order valence-electron chi connectivity index (χ1n) is 8.58. The van der Waals surface area contributed by atoms with Gasteiger partial charge in [0, 0.05) is 6.20 Å². The summed E-state index contributed by atoms with van der Waals surface area (Å²) in [6, 6.07) is 3.14. The minimum absolute atomic E-state index is 0.104. The summed E-state index contributed by atoms with van der Waals surface area (Å²) in [4.78, 5) is 29.1. The number of nitrogens with zero attached hydrogens (tertiary/aromatic N) is 2. The Balaban J connectivity index is 2.28. The summed E-state index contributed by atoms with van der Waals surface area (Å²) in [5, 5.41) is 1.38. The molecular weight excluding hydrogens is 433 g/mol. The molecule has 11 heteroatoms. The maximum atomic E-state index is 14.4. The third-order valence-corrected chi connectivity index (χ3v) is 4.56. The highest BCUT2D eigenvalue weighted by molar-refractivity contribution is 6.29. The maximum Gasteiger partial charge on any atom is 0.408 e. The fourth-order valence-corrected chi connectivity index (χ4v) is 3.03. The summed E-state index contributed by atoms with van der Waals surface area (Å²) in [6.45, 7) is 1.21. The van der Waals surface area contributed by atoms with Crippen LogP contribution in [0, 0.1) is 11.6 Å². The van der Waals surface area contributed by atoms with E-state index < -0.39 is 52.9 Å². The standard InChI is InChI=1S/C19H13ClF5N3O2/c1-2-13(19(23,24)25)26-18(30)10-8-28(15-11(21)4-3-5-12(15)22)17-9(16(10)29)6-7-14(20)27-17/h3-8,13H,2H2,1H3,(H,26,30)/t13-/m0/s1. The molecule has 3 aromatic rings. The Morgan fingerprint density at radius 1 is 1.20 bits per heavy atom. The summed E-state index contributed by atoms with van der Waals surface area (Å²) >= 11 is 5.83. The van der Waals surface area contributed by atoms with E-state index in [1.807, 2.05) is 0 Å². The summed E-state index contributed by atoms with van der Waals surface area (Å²) in [7, 11) is 0. The number of amides is 1. The Bertz CT molecular complexity index is 1170. The average Bonchev–Trinajstić information content (AvgIpc) is 2.66. The van der Waals surface area contributed by atoms with Crippen LogP contribution in [0.1, 0.15) is 23.7 Å². The number of pyridine rings is 2. The molecule has 0 aliphatic carbocycles. The monoisotopic (exact) mass is 445 g/mol. The molecule has 2 heterocycles. The minimum Gasteiger partial charge on any atom is -0.340 e. The lowest BCUT2D eigenvalue weighted by Gasteiger charge is -2.20. The van der Waals surface area contributed by atoms with E-state index in [1.165, 1.54) is 19.1 Å². The number of rotatable bonds is 4. The molecule has 1 atom stereocenters. The van der Waals surface area contributed by atoms with Crippen molar-refractivity contribution in [2.45, 2.75) is 25.6 Å². The molecule has 0 fully saturated rings. The van der Waals surface area contributed by atoms with Crippen molar-refractivity contribution in [1.29, 1.82) is 0 Å². The topological polar surface area (TPSA) is 64.0 Å². The van der Waals surface area contributed by atoms with Crippen LogP contribution in [0.2, 0.25) is 5.15 Å². The van der Waals surface area contributed by atoms with Gasteiger partial charge in [-0.15, -0.1) is 0 Å². The number of halogens is 6. The SMILES string of the molecule is CC[C@H](NC(=O)c1cn(-c2c(F)cccc2F)c2nc(Cl)ccc2c1=O)C(F)(F)F. The van der Waals surface area contributed by atoms with Crippen molar-refractivity contribution >= 4 is 28.5 Å². The fourth-order valence-electron chi connectivity index (χ4n) is 2.88. The molecule has 0 saturated carbocycles. The van der Waals surface area contributed by atoms with Gasteiger partial charge in [-0.2, -0.15) is 13.2 Å². The Kier molecular flexibility index (Phi) is 5.80. The highest BCUT2D eigenvalue weighted by Crippen LogP contribution is 2.25. The van der Waals surface area contributed by atoms with Gasteiger partial charge >= 0.3 is 6.18 Å². The van der Waals surface area contributed by atoms with Crippen molar-refractivity contribution in [3.8, 4) is 5.69 Å². The van der Waals surface area contributed by atoms with Crippen molar-refractivity contribution in [2.24, 2.45) is 0 Å². The van der Waals surface area contributed by atoms with Crippen LogP contribution in [0.5, 0.6) is 0 Å². The van der Waals surface area contributed by atoms with Gasteiger partial charge in [-0.1, -0.05) is 24.6 Å². The van der Waals surface area contributed by atoms with Crippen LogP contribution in [0.3, 0.4) is 0 Å². The van der Waals surface area contributed by atoms with Gasteiger partial charge in [0.05, 0.1) is 5.39 Å². The molecule has 5 nitrogen and oxygen atoms in total. The largest absolute Gasteiger partial charge is 0.408 e. The molecule has 0 aliphatic heterocycles.